The highest BCUT2D eigenvalue weighted by molar-refractivity contribution is 6.00. The van der Waals surface area contributed by atoms with Crippen molar-refractivity contribution in [2.75, 3.05) is 7.11 Å². The average molecular weight is 245 g/mol. The molecule has 0 bridgehead atoms. The first kappa shape index (κ1) is 12.7. The molecule has 1 heterocycles. The Kier molecular flexibility index (Phi) is 3.41. The van der Waals surface area contributed by atoms with Crippen LogP contribution in [0.5, 0.6) is 5.75 Å². The molecular formula is C15H19NO2. The number of rotatable bonds is 4. The summed E-state index contributed by atoms with van der Waals surface area (Å²) in [5.74, 6) is 1.33. The number of hydrogen-bond donors (Lipinski definition) is 0. The number of nitrogens with zero attached hydrogens (tertiary/aromatic N) is 1. The van der Waals surface area contributed by atoms with Crippen LogP contribution in [-0.2, 0) is 6.54 Å². The zero-order chi connectivity index (χ0) is 13.3. The van der Waals surface area contributed by atoms with Crippen molar-refractivity contribution < 1.29 is 9.53 Å². The monoisotopic (exact) mass is 245 g/mol. The molecule has 18 heavy (non-hydrogen) atoms. The lowest BCUT2D eigenvalue weighted by Crippen LogP contribution is -2.06. The lowest BCUT2D eigenvalue weighted by molar-refractivity contribution is 0.112. The van der Waals surface area contributed by atoms with E-state index >= 15 is 0 Å². The number of ether oxygens (including phenoxy) is 1. The fourth-order valence-electron chi connectivity index (χ4n) is 2.36. The van der Waals surface area contributed by atoms with Crippen LogP contribution in [-0.4, -0.2) is 18.0 Å². The topological polar surface area (TPSA) is 31.2 Å². The van der Waals surface area contributed by atoms with Gasteiger partial charge in [0.15, 0.2) is 6.29 Å². The quantitative estimate of drug-likeness (QED) is 0.773. The van der Waals surface area contributed by atoms with Gasteiger partial charge in [-0.3, -0.25) is 4.79 Å². The molecule has 1 aromatic heterocycles. The standard InChI is InChI=1S/C15H19NO2/c1-10(2)8-16-11(3)14(9-17)13-7-12(18-4)5-6-15(13)16/h5-7,9-10H,8H2,1-4H3. The van der Waals surface area contributed by atoms with E-state index in [1.807, 2.05) is 25.1 Å². The van der Waals surface area contributed by atoms with Gasteiger partial charge in [-0.2, -0.15) is 0 Å². The van der Waals surface area contributed by atoms with Gasteiger partial charge in [0.05, 0.1) is 7.11 Å². The molecule has 0 unspecified atom stereocenters. The number of aromatic nitrogens is 1. The van der Waals surface area contributed by atoms with Crippen molar-refractivity contribution in [2.24, 2.45) is 5.92 Å². The summed E-state index contributed by atoms with van der Waals surface area (Å²) < 4.78 is 7.44. The molecule has 0 aliphatic rings. The number of carbonyl (C=O) groups is 1. The van der Waals surface area contributed by atoms with E-state index in [0.29, 0.717) is 5.92 Å². The van der Waals surface area contributed by atoms with Crippen molar-refractivity contribution in [2.45, 2.75) is 27.3 Å². The molecular weight excluding hydrogens is 226 g/mol. The van der Waals surface area contributed by atoms with Gasteiger partial charge in [0.1, 0.15) is 5.75 Å². The highest BCUT2D eigenvalue weighted by Gasteiger charge is 2.14. The summed E-state index contributed by atoms with van der Waals surface area (Å²) in [5, 5.41) is 0.975. The van der Waals surface area contributed by atoms with Gasteiger partial charge in [0, 0.05) is 28.7 Å². The molecule has 1 aromatic carbocycles. The van der Waals surface area contributed by atoms with Gasteiger partial charge in [-0.25, -0.2) is 0 Å². The number of fused-ring (bicyclic) bond motifs is 1. The third-order valence-corrected chi connectivity index (χ3v) is 3.24. The number of benzene rings is 1. The maximum Gasteiger partial charge on any atom is 0.152 e. The fraction of sp³-hybridized carbons (Fsp3) is 0.400. The lowest BCUT2D eigenvalue weighted by Gasteiger charge is -2.11. The van der Waals surface area contributed by atoms with E-state index in [0.717, 1.165) is 40.7 Å². The molecule has 0 N–H and O–H groups in total. The molecule has 0 spiro atoms. The number of aldehydes is 1. The van der Waals surface area contributed by atoms with Gasteiger partial charge in [-0.15, -0.1) is 0 Å². The molecule has 0 amide bonds. The Morgan fingerprint density at radius 3 is 2.67 bits per heavy atom. The van der Waals surface area contributed by atoms with Crippen molar-refractivity contribution in [1.82, 2.24) is 4.57 Å². The van der Waals surface area contributed by atoms with Crippen LogP contribution in [0, 0.1) is 12.8 Å². The second-order valence-corrected chi connectivity index (χ2v) is 5.00. The van der Waals surface area contributed by atoms with Crippen molar-refractivity contribution in [3.8, 4) is 5.75 Å². The molecule has 2 aromatic rings. The first-order valence-electron chi connectivity index (χ1n) is 6.20. The van der Waals surface area contributed by atoms with Gasteiger partial charge < -0.3 is 9.30 Å². The third-order valence-electron chi connectivity index (χ3n) is 3.24. The van der Waals surface area contributed by atoms with Gasteiger partial charge in [0.2, 0.25) is 0 Å². The zero-order valence-corrected chi connectivity index (χ0v) is 11.4. The fourth-order valence-corrected chi connectivity index (χ4v) is 2.36. The largest absolute Gasteiger partial charge is 0.497 e. The average Bonchev–Trinajstić information content (AvgIpc) is 2.61. The summed E-state index contributed by atoms with van der Waals surface area (Å²) in [6, 6.07) is 5.90. The van der Waals surface area contributed by atoms with Gasteiger partial charge in [0.25, 0.3) is 0 Å². The summed E-state index contributed by atoms with van der Waals surface area (Å²) in [6.45, 7) is 7.27. The molecule has 96 valence electrons. The molecule has 0 aliphatic carbocycles. The number of carbonyl (C=O) groups excluding carboxylic acids is 1. The Labute approximate surface area is 107 Å². The van der Waals surface area contributed by atoms with E-state index in [1.165, 1.54) is 0 Å². The Bertz CT molecular complexity index is 582. The molecule has 0 saturated carbocycles. The van der Waals surface area contributed by atoms with Crippen LogP contribution < -0.4 is 4.74 Å². The van der Waals surface area contributed by atoms with Crippen LogP contribution in [0.15, 0.2) is 18.2 Å². The highest BCUT2D eigenvalue weighted by Crippen LogP contribution is 2.28. The summed E-state index contributed by atoms with van der Waals surface area (Å²) in [6.07, 6.45) is 0.938. The number of methoxy groups -OCH3 is 1. The second kappa shape index (κ2) is 4.84. The molecule has 2 rings (SSSR count). The summed E-state index contributed by atoms with van der Waals surface area (Å²) in [5.41, 5.74) is 2.90. The van der Waals surface area contributed by atoms with Crippen molar-refractivity contribution in [3.05, 3.63) is 29.5 Å². The van der Waals surface area contributed by atoms with Crippen LogP contribution in [0.25, 0.3) is 10.9 Å². The highest BCUT2D eigenvalue weighted by atomic mass is 16.5. The molecule has 0 radical (unpaired) electrons. The number of hydrogen-bond acceptors (Lipinski definition) is 2. The minimum Gasteiger partial charge on any atom is -0.497 e. The van der Waals surface area contributed by atoms with E-state index in [9.17, 15) is 4.79 Å². The molecule has 0 saturated heterocycles. The Hall–Kier alpha value is -1.77. The minimum absolute atomic E-state index is 0.543. The van der Waals surface area contributed by atoms with Crippen molar-refractivity contribution >= 4 is 17.2 Å². The predicted octanol–water partition coefficient (Wildman–Crippen LogP) is 3.43. The first-order chi connectivity index (χ1) is 8.58. The smallest absolute Gasteiger partial charge is 0.152 e. The Morgan fingerprint density at radius 1 is 1.39 bits per heavy atom. The Morgan fingerprint density at radius 2 is 2.11 bits per heavy atom. The van der Waals surface area contributed by atoms with Crippen LogP contribution in [0.2, 0.25) is 0 Å². The Balaban J connectivity index is 2.71. The molecule has 0 atom stereocenters. The maximum absolute atomic E-state index is 11.3. The van der Waals surface area contributed by atoms with Crippen LogP contribution >= 0.6 is 0 Å². The molecule has 0 fully saturated rings. The summed E-state index contributed by atoms with van der Waals surface area (Å²) >= 11 is 0. The first-order valence-corrected chi connectivity index (χ1v) is 6.20. The van der Waals surface area contributed by atoms with E-state index in [-0.39, 0.29) is 0 Å². The predicted molar refractivity (Wildman–Crippen MR) is 73.5 cm³/mol. The van der Waals surface area contributed by atoms with Crippen LogP contribution in [0.1, 0.15) is 29.9 Å². The maximum atomic E-state index is 11.3. The van der Waals surface area contributed by atoms with E-state index in [4.69, 9.17) is 4.74 Å². The SMILES string of the molecule is COc1ccc2c(c1)c(C=O)c(C)n2CC(C)C. The summed E-state index contributed by atoms with van der Waals surface area (Å²) in [7, 11) is 1.64. The van der Waals surface area contributed by atoms with E-state index in [2.05, 4.69) is 18.4 Å². The van der Waals surface area contributed by atoms with E-state index < -0.39 is 0 Å². The zero-order valence-electron chi connectivity index (χ0n) is 11.4. The van der Waals surface area contributed by atoms with Crippen LogP contribution in [0.4, 0.5) is 0 Å². The molecule has 0 aliphatic heterocycles. The minimum atomic E-state index is 0.543. The normalized spacial score (nSPS) is 11.2. The molecule has 3 nitrogen and oxygen atoms in total. The van der Waals surface area contributed by atoms with E-state index in [1.54, 1.807) is 7.11 Å². The second-order valence-electron chi connectivity index (χ2n) is 5.00. The third kappa shape index (κ3) is 2.01. The van der Waals surface area contributed by atoms with Gasteiger partial charge in [-0.05, 0) is 31.0 Å². The van der Waals surface area contributed by atoms with Crippen LogP contribution in [0.3, 0.4) is 0 Å². The molecule has 3 heteroatoms. The van der Waals surface area contributed by atoms with Gasteiger partial charge in [-0.1, -0.05) is 13.8 Å². The lowest BCUT2D eigenvalue weighted by atomic mass is 10.1. The van der Waals surface area contributed by atoms with Crippen molar-refractivity contribution in [3.63, 3.8) is 0 Å². The summed E-state index contributed by atoms with van der Waals surface area (Å²) in [4.78, 5) is 11.3. The van der Waals surface area contributed by atoms with Crippen molar-refractivity contribution in [1.29, 1.82) is 0 Å². The van der Waals surface area contributed by atoms with Gasteiger partial charge >= 0.3 is 0 Å².